The molecular formula is C16H22N2O. The zero-order valence-electron chi connectivity index (χ0n) is 11.5. The second kappa shape index (κ2) is 5.33. The van der Waals surface area contributed by atoms with Gasteiger partial charge in [-0.25, -0.2) is 0 Å². The van der Waals surface area contributed by atoms with Crippen molar-refractivity contribution in [3.8, 4) is 0 Å². The summed E-state index contributed by atoms with van der Waals surface area (Å²) in [6, 6.07) is 8.70. The molecule has 0 aromatic heterocycles. The van der Waals surface area contributed by atoms with Crippen LogP contribution in [0.1, 0.15) is 37.3 Å². The maximum absolute atomic E-state index is 12.3. The molecule has 1 amide bonds. The fourth-order valence-corrected chi connectivity index (χ4v) is 3.28. The molecule has 3 heteroatoms. The van der Waals surface area contributed by atoms with Crippen molar-refractivity contribution in [2.75, 3.05) is 0 Å². The Morgan fingerprint density at radius 2 is 2.05 bits per heavy atom. The monoisotopic (exact) mass is 258 g/mol. The fraction of sp³-hybridized carbons (Fsp3) is 0.562. The molecule has 1 fully saturated rings. The van der Waals surface area contributed by atoms with Crippen LogP contribution in [0.25, 0.3) is 0 Å². The normalized spacial score (nSPS) is 29.8. The third kappa shape index (κ3) is 2.81. The minimum absolute atomic E-state index is 0.0641. The Hall–Kier alpha value is -1.35. The largest absolute Gasteiger partial charge is 0.352 e. The van der Waals surface area contributed by atoms with Gasteiger partial charge in [0, 0.05) is 12.6 Å². The van der Waals surface area contributed by atoms with Gasteiger partial charge in [-0.05, 0) is 42.7 Å². The molecule has 1 heterocycles. The quantitative estimate of drug-likeness (QED) is 0.852. The molecule has 3 nitrogen and oxygen atoms in total. The molecule has 3 rings (SSSR count). The molecule has 1 aromatic carbocycles. The summed E-state index contributed by atoms with van der Waals surface area (Å²) in [5.41, 5.74) is 2.63. The zero-order valence-corrected chi connectivity index (χ0v) is 11.5. The van der Waals surface area contributed by atoms with Crippen molar-refractivity contribution in [2.45, 2.75) is 51.2 Å². The summed E-state index contributed by atoms with van der Waals surface area (Å²) >= 11 is 0. The smallest absolute Gasteiger partial charge is 0.237 e. The lowest BCUT2D eigenvalue weighted by molar-refractivity contribution is -0.124. The molecule has 102 valence electrons. The number of carbonyl (C=O) groups excluding carboxylic acids is 1. The van der Waals surface area contributed by atoms with Crippen molar-refractivity contribution >= 4 is 5.91 Å². The van der Waals surface area contributed by atoms with Crippen molar-refractivity contribution < 1.29 is 4.79 Å². The first-order valence-corrected chi connectivity index (χ1v) is 7.33. The van der Waals surface area contributed by atoms with Crippen LogP contribution in [0.5, 0.6) is 0 Å². The lowest BCUT2D eigenvalue weighted by Gasteiger charge is -2.26. The summed E-state index contributed by atoms with van der Waals surface area (Å²) in [7, 11) is 0. The van der Waals surface area contributed by atoms with Crippen LogP contribution in [0.3, 0.4) is 0 Å². The van der Waals surface area contributed by atoms with E-state index < -0.39 is 0 Å². The van der Waals surface area contributed by atoms with E-state index in [-0.39, 0.29) is 11.9 Å². The molecule has 2 unspecified atom stereocenters. The number of nitrogens with one attached hydrogen (secondary N) is 2. The van der Waals surface area contributed by atoms with Crippen LogP contribution in [0.4, 0.5) is 0 Å². The molecule has 2 aliphatic rings. The molecule has 1 aromatic rings. The van der Waals surface area contributed by atoms with E-state index in [1.807, 2.05) is 0 Å². The van der Waals surface area contributed by atoms with Crippen molar-refractivity contribution in [2.24, 2.45) is 5.92 Å². The van der Waals surface area contributed by atoms with E-state index in [2.05, 4.69) is 41.8 Å². The van der Waals surface area contributed by atoms with E-state index in [9.17, 15) is 4.79 Å². The first-order chi connectivity index (χ1) is 9.22. The Labute approximate surface area is 114 Å². The molecule has 3 atom stereocenters. The van der Waals surface area contributed by atoms with E-state index in [0.29, 0.717) is 6.04 Å². The Balaban J connectivity index is 1.60. The summed E-state index contributed by atoms with van der Waals surface area (Å²) < 4.78 is 0. The van der Waals surface area contributed by atoms with Gasteiger partial charge in [0.15, 0.2) is 0 Å². The van der Waals surface area contributed by atoms with Crippen molar-refractivity contribution in [1.29, 1.82) is 0 Å². The van der Waals surface area contributed by atoms with Crippen molar-refractivity contribution in [3.63, 3.8) is 0 Å². The fourth-order valence-electron chi connectivity index (χ4n) is 3.28. The van der Waals surface area contributed by atoms with Gasteiger partial charge in [-0.2, -0.15) is 0 Å². The Bertz CT molecular complexity index is 472. The van der Waals surface area contributed by atoms with Crippen LogP contribution in [-0.4, -0.2) is 18.0 Å². The van der Waals surface area contributed by atoms with Gasteiger partial charge in [0.1, 0.15) is 0 Å². The number of carbonyl (C=O) groups is 1. The number of hydrogen-bond donors (Lipinski definition) is 2. The molecular weight excluding hydrogens is 236 g/mol. The average molecular weight is 258 g/mol. The molecule has 0 radical (unpaired) electrons. The molecule has 1 aliphatic carbocycles. The van der Waals surface area contributed by atoms with E-state index in [0.717, 1.165) is 31.7 Å². The molecule has 0 saturated heterocycles. The van der Waals surface area contributed by atoms with Crippen molar-refractivity contribution in [1.82, 2.24) is 10.6 Å². The summed E-state index contributed by atoms with van der Waals surface area (Å²) in [5.74, 6) is 0.930. The third-order valence-corrected chi connectivity index (χ3v) is 4.44. The number of benzene rings is 1. The first-order valence-electron chi connectivity index (χ1n) is 7.33. The van der Waals surface area contributed by atoms with Gasteiger partial charge >= 0.3 is 0 Å². The van der Waals surface area contributed by atoms with Crippen LogP contribution in [-0.2, 0) is 17.8 Å². The Morgan fingerprint density at radius 1 is 1.26 bits per heavy atom. The average Bonchev–Trinajstić information content (AvgIpc) is 2.83. The Morgan fingerprint density at radius 3 is 2.79 bits per heavy atom. The van der Waals surface area contributed by atoms with Crippen LogP contribution in [0.15, 0.2) is 24.3 Å². The number of rotatable bonds is 2. The highest BCUT2D eigenvalue weighted by Crippen LogP contribution is 2.25. The molecule has 0 spiro atoms. The molecule has 2 N–H and O–H groups in total. The number of hydrogen-bond acceptors (Lipinski definition) is 2. The molecule has 1 aliphatic heterocycles. The number of amides is 1. The van der Waals surface area contributed by atoms with Gasteiger partial charge < -0.3 is 10.6 Å². The minimum atomic E-state index is -0.0641. The molecule has 19 heavy (non-hydrogen) atoms. The lowest BCUT2D eigenvalue weighted by atomic mass is 9.95. The van der Waals surface area contributed by atoms with E-state index in [1.165, 1.54) is 17.5 Å². The molecule has 0 bridgehead atoms. The summed E-state index contributed by atoms with van der Waals surface area (Å²) in [4.78, 5) is 12.3. The van der Waals surface area contributed by atoms with Gasteiger partial charge in [-0.15, -0.1) is 0 Å². The number of fused-ring (bicyclic) bond motifs is 1. The van der Waals surface area contributed by atoms with E-state index in [1.54, 1.807) is 0 Å². The third-order valence-electron chi connectivity index (χ3n) is 4.44. The van der Waals surface area contributed by atoms with Gasteiger partial charge in [0.25, 0.3) is 0 Å². The van der Waals surface area contributed by atoms with Gasteiger partial charge in [-0.3, -0.25) is 4.79 Å². The standard InChI is InChI=1S/C16H22N2O/c1-11-6-7-14(8-11)18-16(19)15-9-12-4-2-3-5-13(12)10-17-15/h2-5,11,14-15,17H,6-10H2,1H3,(H,18,19)/t11?,14?,15-/m0/s1. The zero-order chi connectivity index (χ0) is 13.2. The summed E-state index contributed by atoms with van der Waals surface area (Å²) in [5, 5.41) is 6.56. The highest BCUT2D eigenvalue weighted by Gasteiger charge is 2.28. The van der Waals surface area contributed by atoms with Gasteiger partial charge in [0.2, 0.25) is 5.91 Å². The van der Waals surface area contributed by atoms with Crippen LogP contribution >= 0.6 is 0 Å². The topological polar surface area (TPSA) is 41.1 Å². The highest BCUT2D eigenvalue weighted by atomic mass is 16.2. The predicted molar refractivity (Wildman–Crippen MR) is 75.7 cm³/mol. The first kappa shape index (κ1) is 12.7. The van der Waals surface area contributed by atoms with E-state index in [4.69, 9.17) is 0 Å². The van der Waals surface area contributed by atoms with Gasteiger partial charge in [-0.1, -0.05) is 31.2 Å². The van der Waals surface area contributed by atoms with E-state index >= 15 is 0 Å². The van der Waals surface area contributed by atoms with Crippen LogP contribution in [0.2, 0.25) is 0 Å². The summed E-state index contributed by atoms with van der Waals surface area (Å²) in [6.07, 6.45) is 4.32. The van der Waals surface area contributed by atoms with Crippen molar-refractivity contribution in [3.05, 3.63) is 35.4 Å². The van der Waals surface area contributed by atoms with Crippen LogP contribution < -0.4 is 10.6 Å². The maximum Gasteiger partial charge on any atom is 0.237 e. The highest BCUT2D eigenvalue weighted by molar-refractivity contribution is 5.82. The maximum atomic E-state index is 12.3. The predicted octanol–water partition coefficient (Wildman–Crippen LogP) is 2.01. The SMILES string of the molecule is CC1CCC(NC(=O)[C@@H]2Cc3ccccc3CN2)C1. The Kier molecular flexibility index (Phi) is 3.56. The minimum Gasteiger partial charge on any atom is -0.352 e. The molecule has 1 saturated carbocycles. The lowest BCUT2D eigenvalue weighted by Crippen LogP contribution is -2.50. The van der Waals surface area contributed by atoms with Crippen LogP contribution in [0, 0.1) is 5.92 Å². The second-order valence-corrected chi connectivity index (χ2v) is 6.03. The summed E-state index contributed by atoms with van der Waals surface area (Å²) in [6.45, 7) is 3.07. The van der Waals surface area contributed by atoms with Gasteiger partial charge in [0.05, 0.1) is 6.04 Å². The second-order valence-electron chi connectivity index (χ2n) is 6.03.